The van der Waals surface area contributed by atoms with E-state index in [9.17, 15) is 4.79 Å². The van der Waals surface area contributed by atoms with E-state index in [1.54, 1.807) is 12.3 Å². The summed E-state index contributed by atoms with van der Waals surface area (Å²) in [5.41, 5.74) is 4.59. The zero-order valence-corrected chi connectivity index (χ0v) is 17.3. The number of rotatable bonds is 5. The molecule has 4 aromatic rings. The number of hydrogen-bond donors (Lipinski definition) is 1. The fourth-order valence-corrected chi connectivity index (χ4v) is 3.42. The molecule has 0 aliphatic heterocycles. The smallest absolute Gasteiger partial charge is 0.274 e. The van der Waals surface area contributed by atoms with Crippen molar-refractivity contribution in [3.05, 3.63) is 83.8 Å². The Bertz CT molecular complexity index is 1220. The quantitative estimate of drug-likeness (QED) is 0.510. The second-order valence-corrected chi connectivity index (χ2v) is 7.11. The normalized spacial score (nSPS) is 10.8. The van der Waals surface area contributed by atoms with Gasteiger partial charge in [0.15, 0.2) is 0 Å². The van der Waals surface area contributed by atoms with Crippen LogP contribution in [0.4, 0.5) is 17.3 Å². The monoisotopic (exact) mass is 397 g/mol. The Balaban J connectivity index is 1.68. The number of carbonyl (C=O) groups is 1. The van der Waals surface area contributed by atoms with E-state index in [2.05, 4.69) is 26.3 Å². The van der Waals surface area contributed by atoms with Gasteiger partial charge in [-0.1, -0.05) is 30.3 Å². The highest BCUT2D eigenvalue weighted by atomic mass is 16.1. The van der Waals surface area contributed by atoms with Crippen LogP contribution < -0.4 is 10.2 Å². The number of para-hydroxylation sites is 1. The van der Waals surface area contributed by atoms with Crippen LogP contribution >= 0.6 is 0 Å². The van der Waals surface area contributed by atoms with E-state index in [1.165, 1.54) is 0 Å². The summed E-state index contributed by atoms with van der Waals surface area (Å²) >= 11 is 0. The molecule has 0 atom stereocenters. The second kappa shape index (κ2) is 8.29. The van der Waals surface area contributed by atoms with Gasteiger partial charge in [-0.25, -0.2) is 9.97 Å². The number of aryl methyl sites for hydroxylation is 2. The Morgan fingerprint density at radius 3 is 2.60 bits per heavy atom. The van der Waals surface area contributed by atoms with E-state index >= 15 is 0 Å². The minimum Gasteiger partial charge on any atom is -0.319 e. The van der Waals surface area contributed by atoms with Crippen molar-refractivity contribution < 1.29 is 4.79 Å². The van der Waals surface area contributed by atoms with Crippen LogP contribution in [0.2, 0.25) is 0 Å². The number of amides is 1. The molecule has 6 nitrogen and oxygen atoms in total. The van der Waals surface area contributed by atoms with Crippen LogP contribution in [0.3, 0.4) is 0 Å². The molecule has 0 fully saturated rings. The highest BCUT2D eigenvalue weighted by Gasteiger charge is 2.17. The van der Waals surface area contributed by atoms with Crippen molar-refractivity contribution in [2.75, 3.05) is 16.8 Å². The average molecular weight is 397 g/mol. The van der Waals surface area contributed by atoms with Crippen LogP contribution in [-0.4, -0.2) is 27.4 Å². The van der Waals surface area contributed by atoms with Gasteiger partial charge in [0.2, 0.25) is 5.95 Å². The molecule has 0 spiro atoms. The first-order chi connectivity index (χ1) is 14.5. The van der Waals surface area contributed by atoms with Gasteiger partial charge in [0.25, 0.3) is 5.91 Å². The third-order valence-corrected chi connectivity index (χ3v) is 4.83. The first-order valence-corrected chi connectivity index (χ1v) is 9.90. The highest BCUT2D eigenvalue weighted by Crippen LogP contribution is 2.24. The van der Waals surface area contributed by atoms with Crippen LogP contribution in [-0.2, 0) is 0 Å². The van der Waals surface area contributed by atoms with Gasteiger partial charge in [-0.05, 0) is 56.7 Å². The first-order valence-electron chi connectivity index (χ1n) is 9.90. The summed E-state index contributed by atoms with van der Waals surface area (Å²) in [6.45, 7) is 6.63. The lowest BCUT2D eigenvalue weighted by molar-refractivity contribution is 0.102. The van der Waals surface area contributed by atoms with Gasteiger partial charge in [0.05, 0.1) is 11.2 Å². The summed E-state index contributed by atoms with van der Waals surface area (Å²) in [7, 11) is 0. The number of carbonyl (C=O) groups excluding carboxylic acids is 1. The molecule has 0 bridgehead atoms. The van der Waals surface area contributed by atoms with Crippen molar-refractivity contribution in [2.24, 2.45) is 0 Å². The topological polar surface area (TPSA) is 71.0 Å². The Hall–Kier alpha value is -3.80. The minimum absolute atomic E-state index is 0.291. The zero-order chi connectivity index (χ0) is 21.1. The van der Waals surface area contributed by atoms with Crippen LogP contribution in [0.1, 0.15) is 28.7 Å². The average Bonchev–Trinajstić information content (AvgIpc) is 2.74. The number of hydrogen-bond acceptors (Lipinski definition) is 5. The molecule has 2 aromatic heterocycles. The number of aromatic nitrogens is 3. The number of pyridine rings is 1. The molecule has 1 N–H and O–H groups in total. The van der Waals surface area contributed by atoms with E-state index in [-0.39, 0.29) is 5.91 Å². The molecule has 0 aliphatic carbocycles. The molecule has 0 aliphatic rings. The molecule has 2 heterocycles. The predicted octanol–water partition coefficient (Wildman–Crippen LogP) is 5.05. The summed E-state index contributed by atoms with van der Waals surface area (Å²) < 4.78 is 0. The fourth-order valence-electron chi connectivity index (χ4n) is 3.42. The second-order valence-electron chi connectivity index (χ2n) is 7.11. The van der Waals surface area contributed by atoms with Gasteiger partial charge in [0, 0.05) is 29.5 Å². The van der Waals surface area contributed by atoms with Crippen molar-refractivity contribution in [1.29, 1.82) is 0 Å². The third-order valence-electron chi connectivity index (χ3n) is 4.83. The van der Waals surface area contributed by atoms with Crippen LogP contribution in [0.5, 0.6) is 0 Å². The molecule has 0 radical (unpaired) electrons. The molecule has 0 saturated heterocycles. The Morgan fingerprint density at radius 2 is 1.80 bits per heavy atom. The van der Waals surface area contributed by atoms with Crippen molar-refractivity contribution >= 4 is 34.1 Å². The van der Waals surface area contributed by atoms with Crippen molar-refractivity contribution in [1.82, 2.24) is 15.0 Å². The molecular weight excluding hydrogens is 374 g/mol. The summed E-state index contributed by atoms with van der Waals surface area (Å²) in [4.78, 5) is 28.6. The largest absolute Gasteiger partial charge is 0.319 e. The van der Waals surface area contributed by atoms with Crippen LogP contribution in [0, 0.1) is 13.8 Å². The maximum atomic E-state index is 13.0. The number of nitrogens with one attached hydrogen (secondary N) is 1. The molecule has 4 rings (SSSR count). The van der Waals surface area contributed by atoms with E-state index in [4.69, 9.17) is 0 Å². The maximum absolute atomic E-state index is 13.0. The number of fused-ring (bicyclic) bond motifs is 1. The summed E-state index contributed by atoms with van der Waals surface area (Å²) in [5.74, 6) is 0.212. The lowest BCUT2D eigenvalue weighted by Gasteiger charge is -2.22. The van der Waals surface area contributed by atoms with Crippen LogP contribution in [0.15, 0.2) is 66.9 Å². The molecule has 2 aromatic carbocycles. The van der Waals surface area contributed by atoms with Crippen LogP contribution in [0.25, 0.3) is 10.9 Å². The van der Waals surface area contributed by atoms with Gasteiger partial charge >= 0.3 is 0 Å². The van der Waals surface area contributed by atoms with Gasteiger partial charge < -0.3 is 10.2 Å². The maximum Gasteiger partial charge on any atom is 0.274 e. The van der Waals surface area contributed by atoms with E-state index in [0.29, 0.717) is 23.9 Å². The Kier molecular flexibility index (Phi) is 5.39. The standard InChI is InChI=1S/C24H23N5O/c1-4-29(19-11-5-8-16(2)14-19)24-26-17(3)15-21(28-24)23(30)27-20-12-6-9-18-10-7-13-25-22(18)20/h5-15H,4H2,1-3H3,(H,27,30). The number of nitrogens with zero attached hydrogens (tertiary/aromatic N) is 4. The van der Waals surface area contributed by atoms with Crippen molar-refractivity contribution in [3.8, 4) is 0 Å². The molecule has 0 saturated carbocycles. The lowest BCUT2D eigenvalue weighted by atomic mass is 10.2. The zero-order valence-electron chi connectivity index (χ0n) is 17.3. The third kappa shape index (κ3) is 3.98. The SMILES string of the molecule is CCN(c1cccc(C)c1)c1nc(C)cc(C(=O)Nc2cccc3cccnc23)n1. The summed E-state index contributed by atoms with van der Waals surface area (Å²) in [6, 6.07) is 19.4. The molecule has 30 heavy (non-hydrogen) atoms. The Labute approximate surface area is 175 Å². The van der Waals surface area contributed by atoms with Gasteiger partial charge in [-0.3, -0.25) is 9.78 Å². The fraction of sp³-hybridized carbons (Fsp3) is 0.167. The predicted molar refractivity (Wildman–Crippen MR) is 120 cm³/mol. The van der Waals surface area contributed by atoms with E-state index in [1.807, 2.05) is 74.2 Å². The summed E-state index contributed by atoms with van der Waals surface area (Å²) in [6.07, 6.45) is 1.71. The van der Waals surface area contributed by atoms with Crippen molar-refractivity contribution in [2.45, 2.75) is 20.8 Å². The number of benzene rings is 2. The molecular formula is C24H23N5O. The van der Waals surface area contributed by atoms with E-state index < -0.39 is 0 Å². The number of anilines is 3. The molecule has 1 amide bonds. The molecule has 0 unspecified atom stereocenters. The van der Waals surface area contributed by atoms with Gasteiger partial charge in [0.1, 0.15) is 5.69 Å². The molecule has 150 valence electrons. The Morgan fingerprint density at radius 1 is 1.00 bits per heavy atom. The molecule has 6 heteroatoms. The summed E-state index contributed by atoms with van der Waals surface area (Å²) in [5, 5.41) is 3.92. The first kappa shape index (κ1) is 19.5. The van der Waals surface area contributed by atoms with Gasteiger partial charge in [-0.15, -0.1) is 0 Å². The van der Waals surface area contributed by atoms with Gasteiger partial charge in [-0.2, -0.15) is 0 Å². The highest BCUT2D eigenvalue weighted by molar-refractivity contribution is 6.07. The lowest BCUT2D eigenvalue weighted by Crippen LogP contribution is -2.22. The van der Waals surface area contributed by atoms with E-state index in [0.717, 1.165) is 27.8 Å². The minimum atomic E-state index is -0.291. The van der Waals surface area contributed by atoms with Crippen molar-refractivity contribution in [3.63, 3.8) is 0 Å².